The van der Waals surface area contributed by atoms with E-state index in [0.29, 0.717) is 10.3 Å². The normalized spacial score (nSPS) is 10.5. The van der Waals surface area contributed by atoms with E-state index in [2.05, 4.69) is 9.97 Å². The summed E-state index contributed by atoms with van der Waals surface area (Å²) in [5.74, 6) is 0. The minimum absolute atomic E-state index is 0.455. The monoisotopic (exact) mass is 198 g/mol. The van der Waals surface area contributed by atoms with E-state index in [4.69, 9.17) is 23.2 Å². The van der Waals surface area contributed by atoms with Crippen LogP contribution >= 0.6 is 23.2 Å². The van der Waals surface area contributed by atoms with Crippen molar-refractivity contribution in [2.24, 2.45) is 0 Å². The fraction of sp³-hybridized carbons (Fsp3) is 0. The van der Waals surface area contributed by atoms with Gasteiger partial charge in [-0.1, -0.05) is 23.2 Å². The van der Waals surface area contributed by atoms with Gasteiger partial charge in [-0.05, 0) is 12.1 Å². The molecule has 2 aromatic heterocycles. The summed E-state index contributed by atoms with van der Waals surface area (Å²) in [6.45, 7) is 0. The van der Waals surface area contributed by atoms with E-state index in [0.717, 1.165) is 10.8 Å². The summed E-state index contributed by atoms with van der Waals surface area (Å²) in [7, 11) is 0. The van der Waals surface area contributed by atoms with E-state index in [9.17, 15) is 0 Å². The van der Waals surface area contributed by atoms with Crippen molar-refractivity contribution in [1.29, 1.82) is 0 Å². The second kappa shape index (κ2) is 2.88. The van der Waals surface area contributed by atoms with Crippen LogP contribution in [0.1, 0.15) is 0 Å². The maximum atomic E-state index is 5.83. The van der Waals surface area contributed by atoms with Gasteiger partial charge in [-0.15, -0.1) is 0 Å². The first kappa shape index (κ1) is 7.77. The Bertz CT molecular complexity index is 387. The van der Waals surface area contributed by atoms with Gasteiger partial charge in [0, 0.05) is 23.2 Å². The van der Waals surface area contributed by atoms with Gasteiger partial charge < -0.3 is 0 Å². The predicted octanol–water partition coefficient (Wildman–Crippen LogP) is 2.94. The van der Waals surface area contributed by atoms with Crippen molar-refractivity contribution in [3.63, 3.8) is 0 Å². The van der Waals surface area contributed by atoms with Gasteiger partial charge >= 0.3 is 0 Å². The number of nitrogens with zero attached hydrogens (tertiary/aromatic N) is 2. The van der Waals surface area contributed by atoms with Crippen molar-refractivity contribution in [2.75, 3.05) is 0 Å². The highest BCUT2D eigenvalue weighted by Crippen LogP contribution is 2.24. The molecule has 0 aromatic carbocycles. The third-order valence-electron chi connectivity index (χ3n) is 1.59. The first-order valence-electron chi connectivity index (χ1n) is 3.34. The SMILES string of the molecule is Clc1nccc2c(Cl)nccc12. The molecule has 0 N–H and O–H groups in total. The van der Waals surface area contributed by atoms with Gasteiger partial charge in [0.15, 0.2) is 0 Å². The summed E-state index contributed by atoms with van der Waals surface area (Å²) in [4.78, 5) is 7.85. The number of aromatic nitrogens is 2. The topological polar surface area (TPSA) is 25.8 Å². The van der Waals surface area contributed by atoms with Gasteiger partial charge in [0.2, 0.25) is 0 Å². The molecular weight excluding hydrogens is 195 g/mol. The van der Waals surface area contributed by atoms with Crippen molar-refractivity contribution in [3.8, 4) is 0 Å². The molecule has 0 saturated heterocycles. The highest BCUT2D eigenvalue weighted by atomic mass is 35.5. The summed E-state index contributed by atoms with van der Waals surface area (Å²) < 4.78 is 0. The summed E-state index contributed by atoms with van der Waals surface area (Å²) in [6, 6.07) is 3.58. The molecule has 2 rings (SSSR count). The maximum Gasteiger partial charge on any atom is 0.136 e. The van der Waals surface area contributed by atoms with Gasteiger partial charge in [-0.3, -0.25) is 0 Å². The van der Waals surface area contributed by atoms with Crippen LogP contribution in [0.5, 0.6) is 0 Å². The molecule has 60 valence electrons. The van der Waals surface area contributed by atoms with Crippen molar-refractivity contribution < 1.29 is 0 Å². The third-order valence-corrected chi connectivity index (χ3v) is 2.20. The molecule has 0 amide bonds. The largest absolute Gasteiger partial charge is 0.244 e. The van der Waals surface area contributed by atoms with Gasteiger partial charge in [0.1, 0.15) is 10.3 Å². The summed E-state index contributed by atoms with van der Waals surface area (Å²) in [5, 5.41) is 2.58. The predicted molar refractivity (Wildman–Crippen MR) is 49.6 cm³/mol. The maximum absolute atomic E-state index is 5.83. The Kier molecular flexibility index (Phi) is 1.87. The van der Waals surface area contributed by atoms with E-state index >= 15 is 0 Å². The van der Waals surface area contributed by atoms with Gasteiger partial charge in [-0.25, -0.2) is 9.97 Å². The van der Waals surface area contributed by atoms with Gasteiger partial charge in [-0.2, -0.15) is 0 Å². The molecule has 0 spiro atoms. The van der Waals surface area contributed by atoms with E-state index < -0.39 is 0 Å². The molecule has 0 saturated carbocycles. The van der Waals surface area contributed by atoms with Crippen LogP contribution in [-0.2, 0) is 0 Å². The standard InChI is InChI=1S/C8H4Cl2N2/c9-7-5-1-3-11-8(10)6(5)2-4-12-7/h1-4H. The van der Waals surface area contributed by atoms with Crippen LogP contribution in [0, 0.1) is 0 Å². The van der Waals surface area contributed by atoms with Crippen LogP contribution < -0.4 is 0 Å². The fourth-order valence-corrected chi connectivity index (χ4v) is 1.48. The Morgan fingerprint density at radius 2 is 1.25 bits per heavy atom. The van der Waals surface area contributed by atoms with Crippen LogP contribution in [0.3, 0.4) is 0 Å². The van der Waals surface area contributed by atoms with Crippen LogP contribution in [0.2, 0.25) is 10.3 Å². The number of rotatable bonds is 0. The number of halogens is 2. The molecule has 0 aliphatic rings. The summed E-state index contributed by atoms with van der Waals surface area (Å²) >= 11 is 11.7. The molecule has 2 aromatic rings. The Morgan fingerprint density at radius 1 is 0.833 bits per heavy atom. The molecule has 0 bridgehead atoms. The molecule has 0 unspecified atom stereocenters. The number of hydrogen-bond acceptors (Lipinski definition) is 2. The number of hydrogen-bond donors (Lipinski definition) is 0. The van der Waals surface area contributed by atoms with Crippen molar-refractivity contribution in [3.05, 3.63) is 34.8 Å². The number of pyridine rings is 2. The molecular formula is C8H4Cl2N2. The molecule has 0 aliphatic heterocycles. The lowest BCUT2D eigenvalue weighted by Crippen LogP contribution is -1.81. The first-order valence-corrected chi connectivity index (χ1v) is 4.09. The minimum atomic E-state index is 0.455. The average Bonchev–Trinajstić information content (AvgIpc) is 2.07. The molecule has 2 heterocycles. The lowest BCUT2D eigenvalue weighted by molar-refractivity contribution is 1.32. The minimum Gasteiger partial charge on any atom is -0.244 e. The van der Waals surface area contributed by atoms with Crippen molar-refractivity contribution >= 4 is 34.0 Å². The summed E-state index contributed by atoms with van der Waals surface area (Å²) in [5.41, 5.74) is 0. The Labute approximate surface area is 79.2 Å². The van der Waals surface area contributed by atoms with E-state index in [1.54, 1.807) is 24.5 Å². The van der Waals surface area contributed by atoms with Crippen LogP contribution in [0.15, 0.2) is 24.5 Å². The van der Waals surface area contributed by atoms with Gasteiger partial charge in [0.05, 0.1) is 0 Å². The molecule has 2 nitrogen and oxygen atoms in total. The van der Waals surface area contributed by atoms with Crippen molar-refractivity contribution in [2.45, 2.75) is 0 Å². The highest BCUT2D eigenvalue weighted by molar-refractivity contribution is 6.38. The average molecular weight is 199 g/mol. The quantitative estimate of drug-likeness (QED) is 0.609. The lowest BCUT2D eigenvalue weighted by Gasteiger charge is -1.98. The van der Waals surface area contributed by atoms with E-state index in [-0.39, 0.29) is 0 Å². The Morgan fingerprint density at radius 3 is 1.67 bits per heavy atom. The molecule has 0 aliphatic carbocycles. The van der Waals surface area contributed by atoms with Gasteiger partial charge in [0.25, 0.3) is 0 Å². The van der Waals surface area contributed by atoms with Crippen molar-refractivity contribution in [1.82, 2.24) is 9.97 Å². The zero-order valence-electron chi connectivity index (χ0n) is 5.96. The zero-order valence-corrected chi connectivity index (χ0v) is 7.47. The lowest BCUT2D eigenvalue weighted by atomic mass is 10.2. The van der Waals surface area contributed by atoms with Crippen LogP contribution in [0.4, 0.5) is 0 Å². The Hall–Kier alpha value is -0.860. The Balaban J connectivity index is 2.94. The third kappa shape index (κ3) is 1.13. The first-order chi connectivity index (χ1) is 5.79. The highest BCUT2D eigenvalue weighted by Gasteiger charge is 2.02. The molecule has 0 fully saturated rings. The second-order valence-electron chi connectivity index (χ2n) is 2.30. The summed E-state index contributed by atoms with van der Waals surface area (Å²) in [6.07, 6.45) is 3.22. The van der Waals surface area contributed by atoms with E-state index in [1.807, 2.05) is 0 Å². The van der Waals surface area contributed by atoms with Crippen LogP contribution in [-0.4, -0.2) is 9.97 Å². The second-order valence-corrected chi connectivity index (χ2v) is 3.01. The molecule has 0 atom stereocenters. The number of fused-ring (bicyclic) bond motifs is 1. The zero-order chi connectivity index (χ0) is 8.55. The fourth-order valence-electron chi connectivity index (χ4n) is 1.03. The smallest absolute Gasteiger partial charge is 0.136 e. The molecule has 12 heavy (non-hydrogen) atoms. The molecule has 0 radical (unpaired) electrons. The van der Waals surface area contributed by atoms with E-state index in [1.165, 1.54) is 0 Å². The molecule has 4 heteroatoms. The van der Waals surface area contributed by atoms with Crippen LogP contribution in [0.25, 0.3) is 10.8 Å².